The van der Waals surface area contributed by atoms with Crippen molar-refractivity contribution in [2.75, 3.05) is 18.6 Å². The average molecular weight is 372 g/mol. The van der Waals surface area contributed by atoms with Gasteiger partial charge in [0.05, 0.1) is 0 Å². The van der Waals surface area contributed by atoms with Gasteiger partial charge in [0.25, 0.3) is 0 Å². The molecule has 2 aromatic carbocycles. The van der Waals surface area contributed by atoms with Crippen LogP contribution in [-0.4, -0.2) is 18.3 Å². The number of hydrogen-bond donors (Lipinski definition) is 1. The lowest BCUT2D eigenvalue weighted by Crippen LogP contribution is -2.00. The highest BCUT2D eigenvalue weighted by atomic mass is 31.1. The van der Waals surface area contributed by atoms with E-state index in [1.807, 2.05) is 31.3 Å². The van der Waals surface area contributed by atoms with Crippen LogP contribution in [0.1, 0.15) is 12.5 Å². The predicted molar refractivity (Wildman–Crippen MR) is 123 cm³/mol. The number of rotatable bonds is 6. The van der Waals surface area contributed by atoms with Crippen molar-refractivity contribution >= 4 is 41.1 Å². The fourth-order valence-corrected chi connectivity index (χ4v) is 3.75. The van der Waals surface area contributed by atoms with E-state index in [0.29, 0.717) is 0 Å². The molecule has 0 aliphatic carbocycles. The minimum atomic E-state index is -0.0790. The third-order valence-corrected chi connectivity index (χ3v) is 5.78. The molecule has 2 nitrogen and oxygen atoms in total. The highest BCUT2D eigenvalue weighted by Crippen LogP contribution is 2.31. The summed E-state index contributed by atoms with van der Waals surface area (Å²) in [5.41, 5.74) is 3.30. The highest BCUT2D eigenvalue weighted by Gasteiger charge is 2.08. The Bertz CT molecular complexity index is 999. The molecule has 0 spiro atoms. The van der Waals surface area contributed by atoms with Crippen molar-refractivity contribution in [2.24, 2.45) is 0 Å². The molecule has 136 valence electrons. The minimum Gasteiger partial charge on any atom is -0.340 e. The van der Waals surface area contributed by atoms with Crippen LogP contribution in [0.25, 0.3) is 16.3 Å². The van der Waals surface area contributed by atoms with E-state index in [9.17, 15) is 0 Å². The fourth-order valence-electron chi connectivity index (χ4n) is 3.01. The smallest absolute Gasteiger partial charge is 0.138 e. The topological polar surface area (TPSA) is 24.9 Å². The summed E-state index contributed by atoms with van der Waals surface area (Å²) in [6.45, 7) is 10.5. The first-order valence-electron chi connectivity index (χ1n) is 9.02. The second-order valence-corrected chi connectivity index (χ2v) is 8.78. The van der Waals surface area contributed by atoms with Gasteiger partial charge in [-0.2, -0.15) is 0 Å². The third kappa shape index (κ3) is 4.35. The van der Waals surface area contributed by atoms with Gasteiger partial charge in [0.15, 0.2) is 0 Å². The van der Waals surface area contributed by atoms with Crippen LogP contribution in [0.5, 0.6) is 0 Å². The molecule has 0 amide bonds. The summed E-state index contributed by atoms with van der Waals surface area (Å²) in [5, 5.41) is 7.13. The molecule has 0 bridgehead atoms. The van der Waals surface area contributed by atoms with Crippen LogP contribution in [0.4, 0.5) is 11.5 Å². The van der Waals surface area contributed by atoms with Gasteiger partial charge in [0.2, 0.25) is 0 Å². The lowest BCUT2D eigenvalue weighted by molar-refractivity contribution is 1.34. The van der Waals surface area contributed by atoms with Crippen LogP contribution in [0.3, 0.4) is 0 Å². The lowest BCUT2D eigenvalue weighted by atomic mass is 9.98. The molecule has 0 fully saturated rings. The van der Waals surface area contributed by atoms with E-state index in [1.165, 1.54) is 5.30 Å². The van der Waals surface area contributed by atoms with Crippen molar-refractivity contribution in [3.05, 3.63) is 91.2 Å². The van der Waals surface area contributed by atoms with Gasteiger partial charge in [-0.05, 0) is 60.3 Å². The molecule has 3 aromatic rings. The Labute approximate surface area is 163 Å². The predicted octanol–water partition coefficient (Wildman–Crippen LogP) is 6.49. The fraction of sp³-hybridized carbons (Fsp3) is 0.125. The molecular weight excluding hydrogens is 347 g/mol. The molecule has 1 N–H and O–H groups in total. The number of nitrogens with one attached hydrogen (secondary N) is 1. The van der Waals surface area contributed by atoms with Crippen LogP contribution in [0.2, 0.25) is 0 Å². The summed E-state index contributed by atoms with van der Waals surface area (Å²) < 4.78 is 0. The summed E-state index contributed by atoms with van der Waals surface area (Å²) in [5.74, 6) is 0.867. The minimum absolute atomic E-state index is 0.0790. The van der Waals surface area contributed by atoms with Crippen LogP contribution < -0.4 is 10.6 Å². The number of aromatic nitrogens is 1. The van der Waals surface area contributed by atoms with Crippen LogP contribution in [0, 0.1) is 0 Å². The van der Waals surface area contributed by atoms with Gasteiger partial charge in [-0.3, -0.25) is 0 Å². The number of anilines is 2. The van der Waals surface area contributed by atoms with Gasteiger partial charge in [-0.25, -0.2) is 4.98 Å². The molecule has 0 radical (unpaired) electrons. The van der Waals surface area contributed by atoms with Gasteiger partial charge in [-0.1, -0.05) is 69.1 Å². The Balaban J connectivity index is 2.03. The molecule has 0 saturated heterocycles. The van der Waals surface area contributed by atoms with Crippen LogP contribution in [-0.2, 0) is 0 Å². The van der Waals surface area contributed by atoms with E-state index in [2.05, 4.69) is 84.8 Å². The van der Waals surface area contributed by atoms with Crippen molar-refractivity contribution < 1.29 is 0 Å². The molecule has 0 saturated carbocycles. The Kier molecular flexibility index (Phi) is 6.21. The van der Waals surface area contributed by atoms with Gasteiger partial charge in [0, 0.05) is 17.3 Å². The molecule has 0 aliphatic heterocycles. The van der Waals surface area contributed by atoms with E-state index < -0.39 is 0 Å². The lowest BCUT2D eigenvalue weighted by Gasteiger charge is -2.13. The molecule has 27 heavy (non-hydrogen) atoms. The molecule has 3 heteroatoms. The number of pyridine rings is 1. The van der Waals surface area contributed by atoms with Crippen molar-refractivity contribution in [3.8, 4) is 0 Å². The maximum Gasteiger partial charge on any atom is 0.138 e. The van der Waals surface area contributed by atoms with E-state index in [0.717, 1.165) is 33.4 Å². The second kappa shape index (κ2) is 8.79. The Hall–Kier alpha value is -2.70. The van der Waals surface area contributed by atoms with E-state index in [1.54, 1.807) is 0 Å². The van der Waals surface area contributed by atoms with Gasteiger partial charge < -0.3 is 5.32 Å². The van der Waals surface area contributed by atoms with Crippen LogP contribution >= 0.6 is 7.92 Å². The molecule has 1 aromatic heterocycles. The van der Waals surface area contributed by atoms with Crippen molar-refractivity contribution in [1.82, 2.24) is 4.98 Å². The number of nitrogens with zero attached hydrogens (tertiary/aromatic N) is 1. The first-order chi connectivity index (χ1) is 13.1. The maximum absolute atomic E-state index is 4.58. The molecule has 0 atom stereocenters. The van der Waals surface area contributed by atoms with Crippen molar-refractivity contribution in [2.45, 2.75) is 6.92 Å². The summed E-state index contributed by atoms with van der Waals surface area (Å²) in [7, 11) is -0.0790. The summed E-state index contributed by atoms with van der Waals surface area (Å²) in [6.07, 6.45) is 9.89. The number of fused-ring (bicyclic) bond motifs is 1. The first kappa shape index (κ1) is 19.1. The van der Waals surface area contributed by atoms with Gasteiger partial charge >= 0.3 is 0 Å². The molecule has 0 unspecified atom stereocenters. The first-order valence-corrected chi connectivity index (χ1v) is 11.3. The largest absolute Gasteiger partial charge is 0.340 e. The average Bonchev–Trinajstić information content (AvgIpc) is 2.69. The number of hydrogen-bond acceptors (Lipinski definition) is 2. The Morgan fingerprint density at radius 1 is 1.04 bits per heavy atom. The Morgan fingerprint density at radius 2 is 1.81 bits per heavy atom. The molecular formula is C24H25N2P. The van der Waals surface area contributed by atoms with E-state index in [4.69, 9.17) is 0 Å². The maximum atomic E-state index is 4.58. The normalized spacial score (nSPS) is 12.1. The quantitative estimate of drug-likeness (QED) is 0.395. The second-order valence-electron chi connectivity index (χ2n) is 6.48. The standard InChI is InChI=1S/C24H25N2P/c1-5-7-9-18(6-2)21-10-8-11-23-22(21)16-17-25-24(23)26-19-12-14-20(15-13-19)27(3)4/h5-17H,2H2,1,3-4H3,(H,25,26)/b7-5-,18-9+. The summed E-state index contributed by atoms with van der Waals surface area (Å²) in [4.78, 5) is 4.58. The number of benzene rings is 2. The van der Waals surface area contributed by atoms with Gasteiger partial charge in [0.1, 0.15) is 5.82 Å². The molecule has 0 aliphatic rings. The van der Waals surface area contributed by atoms with E-state index >= 15 is 0 Å². The number of allylic oxidation sites excluding steroid dienone is 5. The zero-order valence-corrected chi connectivity index (χ0v) is 17.0. The van der Waals surface area contributed by atoms with Crippen LogP contribution in [0.15, 0.2) is 85.6 Å². The monoisotopic (exact) mass is 372 g/mol. The zero-order valence-electron chi connectivity index (χ0n) is 16.1. The highest BCUT2D eigenvalue weighted by molar-refractivity contribution is 7.64. The zero-order chi connectivity index (χ0) is 19.2. The summed E-state index contributed by atoms with van der Waals surface area (Å²) >= 11 is 0. The van der Waals surface area contributed by atoms with Crippen molar-refractivity contribution in [3.63, 3.8) is 0 Å². The summed E-state index contributed by atoms with van der Waals surface area (Å²) in [6, 6.07) is 17.0. The van der Waals surface area contributed by atoms with Crippen molar-refractivity contribution in [1.29, 1.82) is 0 Å². The molecule has 1 heterocycles. The third-order valence-electron chi connectivity index (χ3n) is 4.45. The molecule has 3 rings (SSSR count). The Morgan fingerprint density at radius 3 is 2.48 bits per heavy atom. The van der Waals surface area contributed by atoms with E-state index in [-0.39, 0.29) is 7.92 Å². The SMILES string of the molecule is C=C/C(=C\C=C/C)c1cccc2c(Nc3ccc(P(C)C)cc3)nccc12. The van der Waals surface area contributed by atoms with Gasteiger partial charge in [-0.15, -0.1) is 0 Å².